The predicted octanol–water partition coefficient (Wildman–Crippen LogP) is 1.78. The minimum absolute atomic E-state index is 0.0900. The lowest BCUT2D eigenvalue weighted by Gasteiger charge is -2.34. The Hall–Kier alpha value is -1.55. The molecule has 0 amide bonds. The molecule has 1 N–H and O–H groups in total. The van der Waals surface area contributed by atoms with E-state index >= 15 is 0 Å². The highest BCUT2D eigenvalue weighted by Crippen LogP contribution is 2.24. The van der Waals surface area contributed by atoms with Crippen LogP contribution in [0.15, 0.2) is 24.3 Å². The predicted molar refractivity (Wildman–Crippen MR) is 70.3 cm³/mol. The first kappa shape index (κ1) is 11.9. The van der Waals surface area contributed by atoms with E-state index in [0.717, 1.165) is 17.0 Å². The quantitative estimate of drug-likeness (QED) is 0.878. The van der Waals surface area contributed by atoms with E-state index in [1.807, 2.05) is 61.7 Å². The van der Waals surface area contributed by atoms with Gasteiger partial charge in [0.25, 0.3) is 0 Å². The third-order valence-electron chi connectivity index (χ3n) is 3.36. The van der Waals surface area contributed by atoms with Gasteiger partial charge in [0.15, 0.2) is 0 Å². The molecule has 0 aliphatic rings. The number of aromatic nitrogens is 2. The standard InChI is InChI=1S/C13H19N3O/c1-13(2,9-17)16(4)12-14-10-7-5-6-8-11(10)15(12)3/h5-8,17H,9H2,1-4H3. The van der Waals surface area contributed by atoms with Crippen LogP contribution in [-0.4, -0.2) is 33.9 Å². The molecule has 0 unspecified atom stereocenters. The minimum Gasteiger partial charge on any atom is -0.394 e. The van der Waals surface area contributed by atoms with Crippen LogP contribution in [0.1, 0.15) is 13.8 Å². The number of aliphatic hydroxyl groups excluding tert-OH is 1. The second kappa shape index (κ2) is 4.04. The third kappa shape index (κ3) is 1.89. The molecule has 1 aromatic carbocycles. The lowest BCUT2D eigenvalue weighted by atomic mass is 10.1. The summed E-state index contributed by atoms with van der Waals surface area (Å²) in [5.74, 6) is 0.866. The van der Waals surface area contributed by atoms with Crippen molar-refractivity contribution in [3.05, 3.63) is 24.3 Å². The van der Waals surface area contributed by atoms with E-state index in [2.05, 4.69) is 4.98 Å². The van der Waals surface area contributed by atoms with Crippen molar-refractivity contribution in [1.82, 2.24) is 9.55 Å². The van der Waals surface area contributed by atoms with E-state index in [0.29, 0.717) is 0 Å². The molecule has 4 nitrogen and oxygen atoms in total. The van der Waals surface area contributed by atoms with E-state index in [1.54, 1.807) is 0 Å². The Morgan fingerprint density at radius 1 is 1.35 bits per heavy atom. The normalized spacial score (nSPS) is 12.1. The number of para-hydroxylation sites is 2. The van der Waals surface area contributed by atoms with Gasteiger partial charge in [0.1, 0.15) is 0 Å². The van der Waals surface area contributed by atoms with Crippen LogP contribution in [0, 0.1) is 0 Å². The summed E-state index contributed by atoms with van der Waals surface area (Å²) in [6.07, 6.45) is 0. The Kier molecular flexibility index (Phi) is 2.83. The second-order valence-electron chi connectivity index (χ2n) is 4.99. The molecule has 4 heteroatoms. The van der Waals surface area contributed by atoms with Crippen molar-refractivity contribution in [1.29, 1.82) is 0 Å². The maximum atomic E-state index is 9.41. The summed E-state index contributed by atoms with van der Waals surface area (Å²) in [6, 6.07) is 8.03. The Morgan fingerprint density at radius 3 is 2.59 bits per heavy atom. The maximum Gasteiger partial charge on any atom is 0.206 e. The lowest BCUT2D eigenvalue weighted by molar-refractivity contribution is 0.214. The number of rotatable bonds is 3. The second-order valence-corrected chi connectivity index (χ2v) is 4.99. The van der Waals surface area contributed by atoms with Crippen LogP contribution in [0.2, 0.25) is 0 Å². The lowest BCUT2D eigenvalue weighted by Crippen LogP contribution is -2.45. The number of aliphatic hydroxyl groups is 1. The topological polar surface area (TPSA) is 41.3 Å². The molecule has 92 valence electrons. The molecule has 0 aliphatic heterocycles. The zero-order valence-corrected chi connectivity index (χ0v) is 10.8. The van der Waals surface area contributed by atoms with Crippen LogP contribution in [0.5, 0.6) is 0 Å². The van der Waals surface area contributed by atoms with Crippen LogP contribution >= 0.6 is 0 Å². The van der Waals surface area contributed by atoms with Gasteiger partial charge in [-0.15, -0.1) is 0 Å². The van der Waals surface area contributed by atoms with Gasteiger partial charge >= 0.3 is 0 Å². The highest BCUT2D eigenvalue weighted by molar-refractivity contribution is 5.78. The van der Waals surface area contributed by atoms with Gasteiger partial charge in [0, 0.05) is 14.1 Å². The van der Waals surface area contributed by atoms with E-state index in [4.69, 9.17) is 0 Å². The number of hydrogen-bond acceptors (Lipinski definition) is 3. The molecule has 0 spiro atoms. The van der Waals surface area contributed by atoms with Gasteiger partial charge in [-0.2, -0.15) is 0 Å². The fourth-order valence-electron chi connectivity index (χ4n) is 1.81. The van der Waals surface area contributed by atoms with Crippen molar-refractivity contribution in [2.75, 3.05) is 18.6 Å². The molecule has 17 heavy (non-hydrogen) atoms. The average Bonchev–Trinajstić information content (AvgIpc) is 2.66. The summed E-state index contributed by atoms with van der Waals surface area (Å²) in [4.78, 5) is 6.61. The van der Waals surface area contributed by atoms with Gasteiger partial charge in [-0.25, -0.2) is 4.98 Å². The number of imidazole rings is 1. The summed E-state index contributed by atoms with van der Waals surface area (Å²) >= 11 is 0. The van der Waals surface area contributed by atoms with Crippen LogP contribution in [0.3, 0.4) is 0 Å². The fourth-order valence-corrected chi connectivity index (χ4v) is 1.81. The summed E-state index contributed by atoms with van der Waals surface area (Å²) in [7, 11) is 3.95. The van der Waals surface area contributed by atoms with E-state index in [-0.39, 0.29) is 12.1 Å². The molecule has 0 atom stereocenters. The van der Waals surface area contributed by atoms with Gasteiger partial charge in [-0.3, -0.25) is 0 Å². The molecule has 0 radical (unpaired) electrons. The molecule has 0 saturated heterocycles. The van der Waals surface area contributed by atoms with Gasteiger partial charge < -0.3 is 14.6 Å². The first-order chi connectivity index (χ1) is 7.97. The number of anilines is 1. The van der Waals surface area contributed by atoms with Crippen molar-refractivity contribution in [2.24, 2.45) is 7.05 Å². The largest absolute Gasteiger partial charge is 0.394 e. The van der Waals surface area contributed by atoms with Gasteiger partial charge in [0.05, 0.1) is 23.2 Å². The average molecular weight is 233 g/mol. The van der Waals surface area contributed by atoms with Crippen molar-refractivity contribution >= 4 is 17.0 Å². The summed E-state index contributed by atoms with van der Waals surface area (Å²) in [6.45, 7) is 4.07. The first-order valence-corrected chi connectivity index (χ1v) is 5.73. The smallest absolute Gasteiger partial charge is 0.206 e. The van der Waals surface area contributed by atoms with Crippen molar-refractivity contribution in [2.45, 2.75) is 19.4 Å². The van der Waals surface area contributed by atoms with Crippen molar-refractivity contribution < 1.29 is 5.11 Å². The molecule has 2 aromatic rings. The van der Waals surface area contributed by atoms with Crippen LogP contribution < -0.4 is 4.90 Å². The maximum absolute atomic E-state index is 9.41. The Morgan fingerprint density at radius 2 is 2.00 bits per heavy atom. The summed E-state index contributed by atoms with van der Waals surface area (Å²) < 4.78 is 2.05. The van der Waals surface area contributed by atoms with Crippen LogP contribution in [0.25, 0.3) is 11.0 Å². The van der Waals surface area contributed by atoms with Gasteiger partial charge in [-0.05, 0) is 26.0 Å². The molecular formula is C13H19N3O. The number of aryl methyl sites for hydroxylation is 1. The highest BCUT2D eigenvalue weighted by atomic mass is 16.3. The molecule has 0 fully saturated rings. The fraction of sp³-hybridized carbons (Fsp3) is 0.462. The van der Waals surface area contributed by atoms with Crippen molar-refractivity contribution in [3.8, 4) is 0 Å². The Bertz CT molecular complexity index is 530. The van der Waals surface area contributed by atoms with Gasteiger partial charge in [-0.1, -0.05) is 12.1 Å². The number of likely N-dealkylation sites (N-methyl/N-ethyl adjacent to an activating group) is 1. The zero-order chi connectivity index (χ0) is 12.6. The molecule has 0 saturated carbocycles. The summed E-state index contributed by atoms with van der Waals surface area (Å²) in [5.41, 5.74) is 1.75. The molecule has 1 heterocycles. The zero-order valence-electron chi connectivity index (χ0n) is 10.8. The molecule has 2 rings (SSSR count). The minimum atomic E-state index is -0.324. The molecular weight excluding hydrogens is 214 g/mol. The monoisotopic (exact) mass is 233 g/mol. The third-order valence-corrected chi connectivity index (χ3v) is 3.36. The first-order valence-electron chi connectivity index (χ1n) is 5.73. The number of benzene rings is 1. The van der Waals surface area contributed by atoms with E-state index in [9.17, 15) is 5.11 Å². The van der Waals surface area contributed by atoms with E-state index in [1.165, 1.54) is 0 Å². The number of nitrogens with zero attached hydrogens (tertiary/aromatic N) is 3. The van der Waals surface area contributed by atoms with Crippen LogP contribution in [-0.2, 0) is 7.05 Å². The highest BCUT2D eigenvalue weighted by Gasteiger charge is 2.26. The Balaban J connectivity index is 2.53. The number of fused-ring (bicyclic) bond motifs is 1. The molecule has 1 aromatic heterocycles. The SMILES string of the molecule is CN(c1nc2ccccc2n1C)C(C)(C)CO. The van der Waals surface area contributed by atoms with Crippen molar-refractivity contribution in [3.63, 3.8) is 0 Å². The number of hydrogen-bond donors (Lipinski definition) is 1. The van der Waals surface area contributed by atoms with Gasteiger partial charge in [0.2, 0.25) is 5.95 Å². The van der Waals surface area contributed by atoms with E-state index < -0.39 is 0 Å². The van der Waals surface area contributed by atoms with Crippen LogP contribution in [0.4, 0.5) is 5.95 Å². The molecule has 0 aliphatic carbocycles. The molecule has 0 bridgehead atoms. The Labute approximate surface area is 101 Å². The summed E-state index contributed by atoms with van der Waals surface area (Å²) in [5, 5.41) is 9.41.